The second kappa shape index (κ2) is 7.60. The lowest BCUT2D eigenvalue weighted by molar-refractivity contribution is 0.415. The van der Waals surface area contributed by atoms with Gasteiger partial charge < -0.3 is 13.7 Å². The minimum atomic E-state index is -0.134. The van der Waals surface area contributed by atoms with Gasteiger partial charge in [-0.15, -0.1) is 0 Å². The highest BCUT2D eigenvalue weighted by molar-refractivity contribution is 5.65. The zero-order valence-electron chi connectivity index (χ0n) is 17.1. The number of oxazole rings is 1. The molecule has 31 heavy (non-hydrogen) atoms. The zero-order chi connectivity index (χ0) is 21.4. The molecule has 0 saturated heterocycles. The molecule has 3 aromatic heterocycles. The molecule has 0 fully saturated rings. The van der Waals surface area contributed by atoms with Crippen molar-refractivity contribution in [2.45, 2.75) is 13.5 Å². The SMILES string of the molecule is COc1ccc(-c2nc(Cn3ccn4nc(-c5ccccc5)cc4c3=O)c(C)o2)cc1. The third-order valence-electron chi connectivity index (χ3n) is 5.22. The molecule has 0 amide bonds. The van der Waals surface area contributed by atoms with Gasteiger partial charge in [0.2, 0.25) is 5.89 Å². The van der Waals surface area contributed by atoms with Crippen molar-refractivity contribution in [3.63, 3.8) is 0 Å². The van der Waals surface area contributed by atoms with E-state index in [1.54, 1.807) is 28.6 Å². The van der Waals surface area contributed by atoms with E-state index in [0.29, 0.717) is 29.4 Å². The van der Waals surface area contributed by atoms with Crippen LogP contribution in [0.2, 0.25) is 0 Å². The quantitative estimate of drug-likeness (QED) is 0.433. The van der Waals surface area contributed by atoms with Crippen molar-refractivity contribution in [2.75, 3.05) is 7.11 Å². The van der Waals surface area contributed by atoms with E-state index in [0.717, 1.165) is 22.6 Å². The predicted octanol–water partition coefficient (Wildman–Crippen LogP) is 4.18. The molecule has 154 valence electrons. The van der Waals surface area contributed by atoms with Crippen LogP contribution in [0.4, 0.5) is 0 Å². The Hall–Kier alpha value is -4.13. The lowest BCUT2D eigenvalue weighted by Crippen LogP contribution is -2.22. The van der Waals surface area contributed by atoms with Crippen LogP contribution in [0.5, 0.6) is 5.75 Å². The number of rotatable bonds is 5. The second-order valence-electron chi connectivity index (χ2n) is 7.21. The van der Waals surface area contributed by atoms with E-state index >= 15 is 0 Å². The topological polar surface area (TPSA) is 74.6 Å². The van der Waals surface area contributed by atoms with Crippen molar-refractivity contribution in [1.29, 1.82) is 0 Å². The van der Waals surface area contributed by atoms with Crippen LogP contribution in [0.15, 0.2) is 82.3 Å². The van der Waals surface area contributed by atoms with Crippen LogP contribution in [0, 0.1) is 6.92 Å². The molecule has 7 nitrogen and oxygen atoms in total. The van der Waals surface area contributed by atoms with Gasteiger partial charge in [0, 0.05) is 23.5 Å². The maximum Gasteiger partial charge on any atom is 0.276 e. The molecule has 0 N–H and O–H groups in total. The Morgan fingerprint density at radius 1 is 1.00 bits per heavy atom. The molecule has 3 heterocycles. The number of benzene rings is 2. The fourth-order valence-corrected chi connectivity index (χ4v) is 3.49. The molecule has 0 atom stereocenters. The number of hydrogen-bond acceptors (Lipinski definition) is 5. The van der Waals surface area contributed by atoms with Crippen molar-refractivity contribution in [3.05, 3.63) is 94.9 Å². The number of methoxy groups -OCH3 is 1. The van der Waals surface area contributed by atoms with Crippen LogP contribution >= 0.6 is 0 Å². The average molecular weight is 412 g/mol. The van der Waals surface area contributed by atoms with Crippen LogP contribution in [0.1, 0.15) is 11.5 Å². The molecule has 0 aliphatic heterocycles. The van der Waals surface area contributed by atoms with Crippen molar-refractivity contribution < 1.29 is 9.15 Å². The normalized spacial score (nSPS) is 11.2. The van der Waals surface area contributed by atoms with Gasteiger partial charge in [-0.3, -0.25) is 4.79 Å². The highest BCUT2D eigenvalue weighted by atomic mass is 16.5. The Balaban J connectivity index is 1.47. The molecular formula is C24H20N4O3. The summed E-state index contributed by atoms with van der Waals surface area (Å²) in [5.41, 5.74) is 3.66. The van der Waals surface area contributed by atoms with Crippen molar-refractivity contribution in [1.82, 2.24) is 19.2 Å². The number of aryl methyl sites for hydroxylation is 1. The van der Waals surface area contributed by atoms with Gasteiger partial charge in [-0.05, 0) is 37.3 Å². The van der Waals surface area contributed by atoms with E-state index in [9.17, 15) is 4.79 Å². The first-order chi connectivity index (χ1) is 15.1. The third kappa shape index (κ3) is 3.50. The predicted molar refractivity (Wildman–Crippen MR) is 117 cm³/mol. The van der Waals surface area contributed by atoms with E-state index in [4.69, 9.17) is 9.15 Å². The maximum absolute atomic E-state index is 13.1. The van der Waals surface area contributed by atoms with E-state index in [1.165, 1.54) is 0 Å². The summed E-state index contributed by atoms with van der Waals surface area (Å²) in [5.74, 6) is 1.96. The number of ether oxygens (including phenoxy) is 1. The lowest BCUT2D eigenvalue weighted by atomic mass is 10.1. The first kappa shape index (κ1) is 18.9. The Morgan fingerprint density at radius 3 is 2.52 bits per heavy atom. The molecule has 0 aliphatic rings. The minimum Gasteiger partial charge on any atom is -0.497 e. The monoisotopic (exact) mass is 412 g/mol. The van der Waals surface area contributed by atoms with Gasteiger partial charge in [-0.1, -0.05) is 30.3 Å². The molecule has 0 saturated carbocycles. The Labute approximate surface area is 178 Å². The summed E-state index contributed by atoms with van der Waals surface area (Å²) >= 11 is 0. The number of fused-ring (bicyclic) bond motifs is 1. The zero-order valence-corrected chi connectivity index (χ0v) is 17.1. The summed E-state index contributed by atoms with van der Waals surface area (Å²) in [6.07, 6.45) is 3.50. The maximum atomic E-state index is 13.1. The average Bonchev–Trinajstić information content (AvgIpc) is 3.41. The fourth-order valence-electron chi connectivity index (χ4n) is 3.49. The van der Waals surface area contributed by atoms with Gasteiger partial charge in [0.05, 0.1) is 19.3 Å². The molecular weight excluding hydrogens is 392 g/mol. The first-order valence-electron chi connectivity index (χ1n) is 9.87. The van der Waals surface area contributed by atoms with Crippen LogP contribution in [-0.2, 0) is 6.54 Å². The van der Waals surface area contributed by atoms with Crippen molar-refractivity contribution >= 4 is 5.52 Å². The molecule has 0 bridgehead atoms. The van der Waals surface area contributed by atoms with E-state index < -0.39 is 0 Å². The number of aromatic nitrogens is 4. The summed E-state index contributed by atoms with van der Waals surface area (Å²) in [6.45, 7) is 2.16. The van der Waals surface area contributed by atoms with Gasteiger partial charge in [-0.2, -0.15) is 5.10 Å². The molecule has 5 rings (SSSR count). The highest BCUT2D eigenvalue weighted by Crippen LogP contribution is 2.24. The summed E-state index contributed by atoms with van der Waals surface area (Å²) in [6, 6.07) is 19.1. The standard InChI is InChI=1S/C24H20N4O3/c1-16-21(25-23(31-16)18-8-10-19(30-2)11-9-18)15-27-12-13-28-22(24(27)29)14-20(26-28)17-6-4-3-5-7-17/h3-14H,15H2,1-2H3. The Morgan fingerprint density at radius 2 is 1.77 bits per heavy atom. The second-order valence-corrected chi connectivity index (χ2v) is 7.21. The van der Waals surface area contributed by atoms with Gasteiger partial charge in [0.15, 0.2) is 0 Å². The number of hydrogen-bond donors (Lipinski definition) is 0. The summed E-state index contributed by atoms with van der Waals surface area (Å²) in [4.78, 5) is 17.7. The molecule has 0 spiro atoms. The van der Waals surface area contributed by atoms with E-state index in [-0.39, 0.29) is 5.56 Å². The van der Waals surface area contributed by atoms with E-state index in [2.05, 4.69) is 10.1 Å². The Kier molecular flexibility index (Phi) is 4.63. The van der Waals surface area contributed by atoms with Crippen LogP contribution in [-0.4, -0.2) is 26.3 Å². The first-order valence-corrected chi connectivity index (χ1v) is 9.87. The molecule has 2 aromatic carbocycles. The minimum absolute atomic E-state index is 0.134. The summed E-state index contributed by atoms with van der Waals surface area (Å²) < 4.78 is 14.3. The molecule has 0 aliphatic carbocycles. The fraction of sp³-hybridized carbons (Fsp3) is 0.125. The van der Waals surface area contributed by atoms with Gasteiger partial charge in [0.1, 0.15) is 22.7 Å². The Bertz CT molecular complexity index is 1410. The van der Waals surface area contributed by atoms with Crippen molar-refractivity contribution in [3.8, 4) is 28.5 Å². The summed E-state index contributed by atoms with van der Waals surface area (Å²) in [7, 11) is 1.63. The smallest absolute Gasteiger partial charge is 0.276 e. The molecule has 5 aromatic rings. The van der Waals surface area contributed by atoms with Crippen LogP contribution in [0.25, 0.3) is 28.2 Å². The van der Waals surface area contributed by atoms with E-state index in [1.807, 2.05) is 67.6 Å². The third-order valence-corrected chi connectivity index (χ3v) is 5.22. The number of nitrogens with zero attached hydrogens (tertiary/aromatic N) is 4. The van der Waals surface area contributed by atoms with Crippen molar-refractivity contribution in [2.24, 2.45) is 0 Å². The largest absolute Gasteiger partial charge is 0.497 e. The van der Waals surface area contributed by atoms with Gasteiger partial charge >= 0.3 is 0 Å². The lowest BCUT2D eigenvalue weighted by Gasteiger charge is -2.04. The van der Waals surface area contributed by atoms with Crippen LogP contribution in [0.3, 0.4) is 0 Å². The molecule has 0 radical (unpaired) electrons. The van der Waals surface area contributed by atoms with Crippen LogP contribution < -0.4 is 10.3 Å². The van der Waals surface area contributed by atoms with Gasteiger partial charge in [0.25, 0.3) is 5.56 Å². The molecule has 7 heteroatoms. The van der Waals surface area contributed by atoms with Gasteiger partial charge in [-0.25, -0.2) is 9.50 Å². The molecule has 0 unspecified atom stereocenters. The highest BCUT2D eigenvalue weighted by Gasteiger charge is 2.14. The summed E-state index contributed by atoms with van der Waals surface area (Å²) in [5, 5.41) is 4.53.